The third-order valence-electron chi connectivity index (χ3n) is 5.35. The Kier molecular flexibility index (Phi) is 5.38. The number of rotatable bonds is 4. The number of amides is 1. The molecule has 0 spiro atoms. The van der Waals surface area contributed by atoms with Crippen LogP contribution in [0.4, 0.5) is 4.39 Å². The van der Waals surface area contributed by atoms with Gasteiger partial charge in [0.1, 0.15) is 11.4 Å². The Bertz CT molecular complexity index is 992. The lowest BCUT2D eigenvalue weighted by molar-refractivity contribution is 0.0882. The number of fused-ring (bicyclic) bond motifs is 1. The summed E-state index contributed by atoms with van der Waals surface area (Å²) >= 11 is 5.94. The van der Waals surface area contributed by atoms with Gasteiger partial charge >= 0.3 is 0 Å². The van der Waals surface area contributed by atoms with Crippen molar-refractivity contribution in [3.63, 3.8) is 0 Å². The lowest BCUT2D eigenvalue weighted by Crippen LogP contribution is -2.44. The van der Waals surface area contributed by atoms with Crippen LogP contribution in [0.25, 0.3) is 11.0 Å². The number of nitrogens with zero attached hydrogens (tertiary/aromatic N) is 1. The van der Waals surface area contributed by atoms with E-state index in [1.165, 1.54) is 17.7 Å². The number of aryl methyl sites for hydroxylation is 1. The zero-order chi connectivity index (χ0) is 19.7. The van der Waals surface area contributed by atoms with Crippen LogP contribution in [0.2, 0.25) is 5.02 Å². The van der Waals surface area contributed by atoms with E-state index < -0.39 is 0 Å². The first-order valence-electron chi connectivity index (χ1n) is 9.46. The molecule has 1 aliphatic heterocycles. The van der Waals surface area contributed by atoms with Crippen molar-refractivity contribution in [2.75, 3.05) is 13.1 Å². The van der Waals surface area contributed by atoms with Crippen LogP contribution in [-0.4, -0.2) is 29.9 Å². The highest BCUT2D eigenvalue weighted by molar-refractivity contribution is 6.30. The monoisotopic (exact) mass is 400 g/mol. The quantitative estimate of drug-likeness (QED) is 0.675. The molecule has 0 atom stereocenters. The third-order valence-corrected chi connectivity index (χ3v) is 5.60. The van der Waals surface area contributed by atoms with Crippen molar-refractivity contribution < 1.29 is 13.6 Å². The number of halogens is 2. The molecule has 0 unspecified atom stereocenters. The van der Waals surface area contributed by atoms with Gasteiger partial charge in [-0.1, -0.05) is 23.7 Å². The van der Waals surface area contributed by atoms with Gasteiger partial charge in [0.15, 0.2) is 5.76 Å². The van der Waals surface area contributed by atoms with Gasteiger partial charge in [0.25, 0.3) is 5.91 Å². The van der Waals surface area contributed by atoms with E-state index in [1.54, 1.807) is 13.0 Å². The standard InChI is InChI=1S/C22H22ClFN2O2/c1-14-19-12-17(24)6-7-20(19)28-21(14)22(27)25-18-8-10-26(11-9-18)13-15-2-4-16(23)5-3-15/h2-7,12,18H,8-11,13H2,1H3,(H,25,27). The Morgan fingerprint density at radius 2 is 1.93 bits per heavy atom. The van der Waals surface area contributed by atoms with Crippen molar-refractivity contribution in [2.24, 2.45) is 0 Å². The fourth-order valence-corrected chi connectivity index (χ4v) is 3.87. The summed E-state index contributed by atoms with van der Waals surface area (Å²) in [6.45, 7) is 4.50. The van der Waals surface area contributed by atoms with Crippen molar-refractivity contribution in [2.45, 2.75) is 32.4 Å². The number of hydrogen-bond acceptors (Lipinski definition) is 3. The van der Waals surface area contributed by atoms with Gasteiger partial charge in [0.2, 0.25) is 0 Å². The van der Waals surface area contributed by atoms with E-state index in [2.05, 4.69) is 10.2 Å². The van der Waals surface area contributed by atoms with Gasteiger partial charge in [-0.25, -0.2) is 4.39 Å². The number of hydrogen-bond donors (Lipinski definition) is 1. The Hall–Kier alpha value is -2.37. The van der Waals surface area contributed by atoms with Gasteiger partial charge in [-0.2, -0.15) is 0 Å². The summed E-state index contributed by atoms with van der Waals surface area (Å²) in [6, 6.07) is 12.3. The highest BCUT2D eigenvalue weighted by Crippen LogP contribution is 2.26. The normalized spacial score (nSPS) is 15.8. The molecule has 0 aliphatic carbocycles. The second kappa shape index (κ2) is 7.94. The zero-order valence-electron chi connectivity index (χ0n) is 15.7. The molecule has 0 bridgehead atoms. The minimum absolute atomic E-state index is 0.110. The SMILES string of the molecule is Cc1c(C(=O)NC2CCN(Cc3ccc(Cl)cc3)CC2)oc2ccc(F)cc12. The van der Waals surface area contributed by atoms with Crippen LogP contribution in [0.5, 0.6) is 0 Å². The van der Waals surface area contributed by atoms with Crippen molar-refractivity contribution in [1.82, 2.24) is 10.2 Å². The fraction of sp³-hybridized carbons (Fsp3) is 0.318. The first-order chi connectivity index (χ1) is 13.5. The maximum absolute atomic E-state index is 13.5. The predicted molar refractivity (Wildman–Crippen MR) is 108 cm³/mol. The molecule has 1 N–H and O–H groups in total. The van der Waals surface area contributed by atoms with Crippen molar-refractivity contribution in [3.8, 4) is 0 Å². The molecule has 4 rings (SSSR count). The highest BCUT2D eigenvalue weighted by Gasteiger charge is 2.24. The molecule has 1 aliphatic rings. The topological polar surface area (TPSA) is 45.5 Å². The molecular formula is C22H22ClFN2O2. The number of carbonyl (C=O) groups is 1. The van der Waals surface area contributed by atoms with Gasteiger partial charge in [-0.3, -0.25) is 9.69 Å². The first-order valence-corrected chi connectivity index (χ1v) is 9.84. The molecule has 4 nitrogen and oxygen atoms in total. The molecule has 0 saturated carbocycles. The molecule has 0 radical (unpaired) electrons. The van der Waals surface area contributed by atoms with Gasteiger partial charge in [-0.15, -0.1) is 0 Å². The average Bonchev–Trinajstić information content (AvgIpc) is 3.01. The Morgan fingerprint density at radius 1 is 1.21 bits per heavy atom. The summed E-state index contributed by atoms with van der Waals surface area (Å²) in [5.74, 6) is -0.300. The summed E-state index contributed by atoms with van der Waals surface area (Å²) in [6.07, 6.45) is 1.76. The van der Waals surface area contributed by atoms with Crippen LogP contribution in [0.1, 0.15) is 34.5 Å². The smallest absolute Gasteiger partial charge is 0.287 e. The average molecular weight is 401 g/mol. The largest absolute Gasteiger partial charge is 0.451 e. The van der Waals surface area contributed by atoms with E-state index in [0.717, 1.165) is 37.5 Å². The summed E-state index contributed by atoms with van der Waals surface area (Å²) in [4.78, 5) is 15.0. The summed E-state index contributed by atoms with van der Waals surface area (Å²) in [5.41, 5.74) is 2.44. The van der Waals surface area contributed by atoms with Crippen molar-refractivity contribution in [3.05, 3.63) is 70.2 Å². The number of carbonyl (C=O) groups excluding carboxylic acids is 1. The van der Waals surface area contributed by atoms with Gasteiger partial charge in [0.05, 0.1) is 0 Å². The van der Waals surface area contributed by atoms with Crippen LogP contribution in [0.15, 0.2) is 46.9 Å². The van der Waals surface area contributed by atoms with Crippen LogP contribution in [0.3, 0.4) is 0 Å². The van der Waals surface area contributed by atoms with E-state index >= 15 is 0 Å². The Labute approximate surface area is 168 Å². The van der Waals surface area contributed by atoms with E-state index in [-0.39, 0.29) is 23.5 Å². The number of nitrogens with one attached hydrogen (secondary N) is 1. The molecular weight excluding hydrogens is 379 g/mol. The summed E-state index contributed by atoms with van der Waals surface area (Å²) in [5, 5.41) is 4.46. The fourth-order valence-electron chi connectivity index (χ4n) is 3.74. The summed E-state index contributed by atoms with van der Waals surface area (Å²) < 4.78 is 19.1. The van der Waals surface area contributed by atoms with Crippen molar-refractivity contribution in [1.29, 1.82) is 0 Å². The van der Waals surface area contributed by atoms with E-state index in [4.69, 9.17) is 16.0 Å². The van der Waals surface area contributed by atoms with Gasteiger partial charge in [-0.05, 0) is 55.7 Å². The van der Waals surface area contributed by atoms with E-state index in [9.17, 15) is 9.18 Å². The predicted octanol–water partition coefficient (Wildman–Crippen LogP) is 4.93. The molecule has 1 fully saturated rings. The molecule has 28 heavy (non-hydrogen) atoms. The number of likely N-dealkylation sites (tertiary alicyclic amines) is 1. The molecule has 1 aromatic heterocycles. The molecule has 3 aromatic rings. The van der Waals surface area contributed by atoms with Crippen molar-refractivity contribution >= 4 is 28.5 Å². The minimum Gasteiger partial charge on any atom is -0.451 e. The van der Waals surface area contributed by atoms with Gasteiger partial charge < -0.3 is 9.73 Å². The lowest BCUT2D eigenvalue weighted by Gasteiger charge is -2.32. The second-order valence-corrected chi connectivity index (χ2v) is 7.78. The van der Waals surface area contributed by atoms with Crippen LogP contribution in [0, 0.1) is 12.7 Å². The Balaban J connectivity index is 1.35. The molecule has 1 saturated heterocycles. The van der Waals surface area contributed by atoms with E-state index in [0.29, 0.717) is 16.5 Å². The molecule has 146 valence electrons. The van der Waals surface area contributed by atoms with E-state index in [1.807, 2.05) is 24.3 Å². The number of benzene rings is 2. The Morgan fingerprint density at radius 3 is 2.64 bits per heavy atom. The van der Waals surface area contributed by atoms with Crippen LogP contribution in [-0.2, 0) is 6.54 Å². The molecule has 6 heteroatoms. The maximum atomic E-state index is 13.5. The maximum Gasteiger partial charge on any atom is 0.287 e. The number of piperidine rings is 1. The second-order valence-electron chi connectivity index (χ2n) is 7.35. The van der Waals surface area contributed by atoms with Gasteiger partial charge in [0, 0.05) is 41.6 Å². The molecule has 2 heterocycles. The lowest BCUT2D eigenvalue weighted by atomic mass is 10.0. The first kappa shape index (κ1) is 19.0. The molecule has 2 aromatic carbocycles. The molecule has 1 amide bonds. The number of furan rings is 1. The minimum atomic E-state index is -0.337. The highest BCUT2D eigenvalue weighted by atomic mass is 35.5. The summed E-state index contributed by atoms with van der Waals surface area (Å²) in [7, 11) is 0. The zero-order valence-corrected chi connectivity index (χ0v) is 16.4. The van der Waals surface area contributed by atoms with Crippen LogP contribution < -0.4 is 5.32 Å². The third kappa shape index (κ3) is 4.05. The van der Waals surface area contributed by atoms with Crippen LogP contribution >= 0.6 is 11.6 Å².